The van der Waals surface area contributed by atoms with Gasteiger partial charge in [-0.3, -0.25) is 4.79 Å². The average molecular weight is 233 g/mol. The minimum Gasteiger partial charge on any atom is -0.325 e. The fraction of sp³-hybridized carbons (Fsp3) is 0.222. The van der Waals surface area contributed by atoms with Crippen molar-refractivity contribution in [1.29, 1.82) is 0 Å². The van der Waals surface area contributed by atoms with Gasteiger partial charge in [0, 0.05) is 15.7 Å². The van der Waals surface area contributed by atoms with Gasteiger partial charge in [-0.2, -0.15) is 0 Å². The fourth-order valence-electron chi connectivity index (χ4n) is 0.992. The van der Waals surface area contributed by atoms with Crippen LogP contribution in [-0.2, 0) is 4.79 Å². The summed E-state index contributed by atoms with van der Waals surface area (Å²) in [7, 11) is 1.70. The van der Waals surface area contributed by atoms with Gasteiger partial charge in [0.2, 0.25) is 5.91 Å². The predicted molar refractivity (Wildman–Crippen MR) is 59.0 cm³/mol. The van der Waals surface area contributed by atoms with Crippen molar-refractivity contribution >= 4 is 34.8 Å². The van der Waals surface area contributed by atoms with E-state index >= 15 is 0 Å². The molecule has 1 rings (SSSR count). The van der Waals surface area contributed by atoms with E-state index in [0.717, 1.165) is 0 Å². The van der Waals surface area contributed by atoms with E-state index in [9.17, 15) is 4.79 Å². The Balaban J connectivity index is 2.71. The Morgan fingerprint density at radius 3 is 2.36 bits per heavy atom. The van der Waals surface area contributed by atoms with Crippen molar-refractivity contribution < 1.29 is 4.79 Å². The van der Waals surface area contributed by atoms with Gasteiger partial charge in [0.1, 0.15) is 0 Å². The summed E-state index contributed by atoms with van der Waals surface area (Å²) in [6, 6.07) is 4.89. The van der Waals surface area contributed by atoms with Gasteiger partial charge < -0.3 is 10.6 Å². The molecule has 0 saturated carbocycles. The summed E-state index contributed by atoms with van der Waals surface area (Å²) in [5.41, 5.74) is 0.600. The van der Waals surface area contributed by atoms with Crippen LogP contribution in [0.15, 0.2) is 18.2 Å². The summed E-state index contributed by atoms with van der Waals surface area (Å²) in [5, 5.41) is 6.39. The number of carbonyl (C=O) groups is 1. The molecule has 0 fully saturated rings. The molecule has 5 heteroatoms. The van der Waals surface area contributed by atoms with Crippen LogP contribution in [0.5, 0.6) is 0 Å². The molecule has 0 radical (unpaired) electrons. The molecule has 3 nitrogen and oxygen atoms in total. The van der Waals surface area contributed by atoms with Gasteiger partial charge in [-0.25, -0.2) is 0 Å². The molecule has 14 heavy (non-hydrogen) atoms. The maximum absolute atomic E-state index is 11.2. The number of amides is 1. The number of likely N-dealkylation sites (N-methyl/N-ethyl adjacent to an activating group) is 1. The second-order valence-corrected chi connectivity index (χ2v) is 3.61. The van der Waals surface area contributed by atoms with E-state index in [1.54, 1.807) is 25.2 Å². The molecule has 2 N–H and O–H groups in total. The SMILES string of the molecule is CNCC(=O)Nc1cc(Cl)cc(Cl)c1. The third-order valence-corrected chi connectivity index (χ3v) is 1.92. The highest BCUT2D eigenvalue weighted by Gasteiger charge is 2.02. The van der Waals surface area contributed by atoms with Crippen LogP contribution in [-0.4, -0.2) is 19.5 Å². The molecule has 0 aliphatic heterocycles. The first-order chi connectivity index (χ1) is 6.61. The minimum absolute atomic E-state index is 0.133. The summed E-state index contributed by atoms with van der Waals surface area (Å²) in [6.45, 7) is 0.254. The normalized spacial score (nSPS) is 9.93. The Labute approximate surface area is 92.4 Å². The van der Waals surface area contributed by atoms with Crippen LogP contribution in [0.1, 0.15) is 0 Å². The highest BCUT2D eigenvalue weighted by molar-refractivity contribution is 6.35. The Hall–Kier alpha value is -0.770. The Bertz CT molecular complexity index is 321. The van der Waals surface area contributed by atoms with Gasteiger partial charge in [0.05, 0.1) is 6.54 Å². The zero-order chi connectivity index (χ0) is 10.6. The largest absolute Gasteiger partial charge is 0.325 e. The lowest BCUT2D eigenvalue weighted by atomic mass is 10.3. The fourth-order valence-corrected chi connectivity index (χ4v) is 1.52. The van der Waals surface area contributed by atoms with E-state index < -0.39 is 0 Å². The molecule has 0 unspecified atom stereocenters. The van der Waals surface area contributed by atoms with E-state index in [4.69, 9.17) is 23.2 Å². The average Bonchev–Trinajstić information content (AvgIpc) is 2.01. The first kappa shape index (κ1) is 11.3. The van der Waals surface area contributed by atoms with E-state index in [1.807, 2.05) is 0 Å². The molecular formula is C9H10Cl2N2O. The van der Waals surface area contributed by atoms with Crippen molar-refractivity contribution in [2.24, 2.45) is 0 Å². The maximum Gasteiger partial charge on any atom is 0.238 e. The van der Waals surface area contributed by atoms with Crippen molar-refractivity contribution in [2.75, 3.05) is 18.9 Å². The van der Waals surface area contributed by atoms with Crippen LogP contribution in [0.4, 0.5) is 5.69 Å². The smallest absolute Gasteiger partial charge is 0.238 e. The van der Waals surface area contributed by atoms with Crippen LogP contribution >= 0.6 is 23.2 Å². The number of benzene rings is 1. The molecule has 0 aliphatic rings. The summed E-state index contributed by atoms with van der Waals surface area (Å²) < 4.78 is 0. The molecule has 1 aromatic rings. The lowest BCUT2D eigenvalue weighted by molar-refractivity contribution is -0.115. The maximum atomic E-state index is 11.2. The number of halogens is 2. The third-order valence-electron chi connectivity index (χ3n) is 1.48. The molecule has 0 aromatic heterocycles. The number of carbonyl (C=O) groups excluding carboxylic acids is 1. The predicted octanol–water partition coefficient (Wildman–Crippen LogP) is 2.15. The van der Waals surface area contributed by atoms with Gasteiger partial charge in [-0.1, -0.05) is 23.2 Å². The molecule has 1 aromatic carbocycles. The quantitative estimate of drug-likeness (QED) is 0.839. The van der Waals surface area contributed by atoms with Gasteiger partial charge in [-0.15, -0.1) is 0 Å². The van der Waals surface area contributed by atoms with Crippen LogP contribution in [0, 0.1) is 0 Å². The number of hydrogen-bond donors (Lipinski definition) is 2. The van der Waals surface area contributed by atoms with Gasteiger partial charge in [0.25, 0.3) is 0 Å². The molecule has 0 saturated heterocycles. The van der Waals surface area contributed by atoms with Gasteiger partial charge >= 0.3 is 0 Å². The molecule has 1 amide bonds. The van der Waals surface area contributed by atoms with Crippen LogP contribution in [0.3, 0.4) is 0 Å². The zero-order valence-corrected chi connectivity index (χ0v) is 9.12. The van der Waals surface area contributed by atoms with Crippen molar-refractivity contribution in [3.05, 3.63) is 28.2 Å². The lowest BCUT2D eigenvalue weighted by Crippen LogP contribution is -2.24. The van der Waals surface area contributed by atoms with E-state index in [0.29, 0.717) is 15.7 Å². The second-order valence-electron chi connectivity index (χ2n) is 2.74. The van der Waals surface area contributed by atoms with Crippen LogP contribution in [0.25, 0.3) is 0 Å². The molecule has 0 heterocycles. The first-order valence-electron chi connectivity index (χ1n) is 4.02. The Morgan fingerprint density at radius 1 is 1.29 bits per heavy atom. The standard InChI is InChI=1S/C9H10Cl2N2O/c1-12-5-9(14)13-8-3-6(10)2-7(11)4-8/h2-4,12H,5H2,1H3,(H,13,14). The zero-order valence-electron chi connectivity index (χ0n) is 7.60. The highest BCUT2D eigenvalue weighted by Crippen LogP contribution is 2.22. The van der Waals surface area contributed by atoms with E-state index in [-0.39, 0.29) is 12.5 Å². The Morgan fingerprint density at radius 2 is 1.86 bits per heavy atom. The van der Waals surface area contributed by atoms with Crippen molar-refractivity contribution in [3.63, 3.8) is 0 Å². The monoisotopic (exact) mass is 232 g/mol. The summed E-state index contributed by atoms with van der Waals surface area (Å²) in [5.74, 6) is -0.133. The molecule has 0 bridgehead atoms. The van der Waals surface area contributed by atoms with Crippen LogP contribution < -0.4 is 10.6 Å². The molecule has 0 spiro atoms. The topological polar surface area (TPSA) is 41.1 Å². The number of anilines is 1. The van der Waals surface area contributed by atoms with Crippen molar-refractivity contribution in [1.82, 2.24) is 5.32 Å². The highest BCUT2D eigenvalue weighted by atomic mass is 35.5. The first-order valence-corrected chi connectivity index (χ1v) is 4.78. The molecule has 0 atom stereocenters. The number of rotatable bonds is 3. The summed E-state index contributed by atoms with van der Waals surface area (Å²) in [6.07, 6.45) is 0. The minimum atomic E-state index is -0.133. The van der Waals surface area contributed by atoms with Crippen molar-refractivity contribution in [3.8, 4) is 0 Å². The van der Waals surface area contributed by atoms with E-state index in [1.165, 1.54) is 0 Å². The number of hydrogen-bond acceptors (Lipinski definition) is 2. The van der Waals surface area contributed by atoms with Crippen LogP contribution in [0.2, 0.25) is 10.0 Å². The van der Waals surface area contributed by atoms with Gasteiger partial charge in [0.15, 0.2) is 0 Å². The second kappa shape index (κ2) is 5.20. The Kier molecular flexibility index (Phi) is 4.20. The third kappa shape index (κ3) is 3.54. The summed E-state index contributed by atoms with van der Waals surface area (Å²) >= 11 is 11.5. The van der Waals surface area contributed by atoms with Gasteiger partial charge in [-0.05, 0) is 25.2 Å². The van der Waals surface area contributed by atoms with Crippen molar-refractivity contribution in [2.45, 2.75) is 0 Å². The molecular weight excluding hydrogens is 223 g/mol. The molecule has 0 aliphatic carbocycles. The van der Waals surface area contributed by atoms with E-state index in [2.05, 4.69) is 10.6 Å². The molecule has 76 valence electrons. The number of nitrogens with one attached hydrogen (secondary N) is 2. The summed E-state index contributed by atoms with van der Waals surface area (Å²) in [4.78, 5) is 11.2. The lowest BCUT2D eigenvalue weighted by Gasteiger charge is -2.05.